The van der Waals surface area contributed by atoms with E-state index >= 15 is 0 Å². The standard InChI is InChI=1S/C69H124O6/c1-4-7-10-13-16-19-22-24-25-26-27-28-29-30-31-32-33-34-35-36-37-38-39-40-41-42-43-44-45-46-48-50-53-56-59-62-68(71)74-65-66(64-73-67(70)61-58-55-52-49-21-18-15-12-9-6-3)75-69(72)63-60-57-54-51-47-23-20-17-14-11-8-5-2/h7,10,16-17,19-20,24-25,27-28,66H,4-6,8-9,11-15,18,21-23,26,29-65H2,1-3H3/b10-7-,19-16-,20-17-,25-24-,28-27-. The molecule has 0 radical (unpaired) electrons. The van der Waals surface area contributed by atoms with E-state index in [1.165, 1.54) is 212 Å². The lowest BCUT2D eigenvalue weighted by Gasteiger charge is -2.18. The highest BCUT2D eigenvalue weighted by Crippen LogP contribution is 2.18. The molecule has 0 rings (SSSR count). The van der Waals surface area contributed by atoms with Gasteiger partial charge in [0.05, 0.1) is 0 Å². The summed E-state index contributed by atoms with van der Waals surface area (Å²) in [5, 5.41) is 0. The van der Waals surface area contributed by atoms with E-state index < -0.39 is 6.10 Å². The third kappa shape index (κ3) is 61.8. The van der Waals surface area contributed by atoms with Gasteiger partial charge in [0.15, 0.2) is 6.10 Å². The van der Waals surface area contributed by atoms with Gasteiger partial charge in [0.2, 0.25) is 0 Å². The molecular formula is C69H124O6. The maximum Gasteiger partial charge on any atom is 0.306 e. The minimum Gasteiger partial charge on any atom is -0.462 e. The van der Waals surface area contributed by atoms with E-state index in [1.807, 2.05) is 0 Å². The Morgan fingerprint density at radius 3 is 0.853 bits per heavy atom. The first-order valence-corrected chi connectivity index (χ1v) is 32.8. The molecule has 0 saturated heterocycles. The highest BCUT2D eigenvalue weighted by atomic mass is 16.6. The highest BCUT2D eigenvalue weighted by molar-refractivity contribution is 5.71. The minimum atomic E-state index is -0.772. The molecule has 0 aromatic rings. The molecule has 0 aromatic heterocycles. The first-order valence-electron chi connectivity index (χ1n) is 32.8. The maximum atomic E-state index is 12.8. The first kappa shape index (κ1) is 72.1. The number of esters is 3. The van der Waals surface area contributed by atoms with Crippen molar-refractivity contribution in [3.63, 3.8) is 0 Å². The molecule has 436 valence electrons. The van der Waals surface area contributed by atoms with Gasteiger partial charge in [-0.25, -0.2) is 0 Å². The van der Waals surface area contributed by atoms with Crippen molar-refractivity contribution in [3.8, 4) is 0 Å². The topological polar surface area (TPSA) is 78.9 Å². The van der Waals surface area contributed by atoms with Crippen LogP contribution in [-0.2, 0) is 28.6 Å². The van der Waals surface area contributed by atoms with Crippen LogP contribution >= 0.6 is 0 Å². The fraction of sp³-hybridized carbons (Fsp3) is 0.812. The van der Waals surface area contributed by atoms with Crippen molar-refractivity contribution < 1.29 is 28.6 Å². The van der Waals surface area contributed by atoms with Gasteiger partial charge in [0.25, 0.3) is 0 Å². The molecule has 0 amide bonds. The average Bonchev–Trinajstić information content (AvgIpc) is 3.41. The van der Waals surface area contributed by atoms with Gasteiger partial charge in [0.1, 0.15) is 13.2 Å². The van der Waals surface area contributed by atoms with Gasteiger partial charge in [-0.2, -0.15) is 0 Å². The zero-order valence-electron chi connectivity index (χ0n) is 50.1. The molecule has 75 heavy (non-hydrogen) atoms. The van der Waals surface area contributed by atoms with Gasteiger partial charge in [-0.15, -0.1) is 0 Å². The van der Waals surface area contributed by atoms with Crippen molar-refractivity contribution in [2.75, 3.05) is 13.2 Å². The molecule has 0 bridgehead atoms. The molecule has 1 unspecified atom stereocenters. The van der Waals surface area contributed by atoms with Crippen molar-refractivity contribution in [1.82, 2.24) is 0 Å². The molecule has 0 aliphatic rings. The second kappa shape index (κ2) is 63.6. The van der Waals surface area contributed by atoms with Crippen LogP contribution in [-0.4, -0.2) is 37.2 Å². The molecule has 6 nitrogen and oxygen atoms in total. The summed E-state index contributed by atoms with van der Waals surface area (Å²) >= 11 is 0. The molecule has 0 spiro atoms. The van der Waals surface area contributed by atoms with Crippen molar-refractivity contribution in [1.29, 1.82) is 0 Å². The Kier molecular flexibility index (Phi) is 61.2. The summed E-state index contributed by atoms with van der Waals surface area (Å²) in [7, 11) is 0. The zero-order valence-corrected chi connectivity index (χ0v) is 50.1. The summed E-state index contributed by atoms with van der Waals surface area (Å²) < 4.78 is 16.9. The largest absolute Gasteiger partial charge is 0.462 e. The van der Waals surface area contributed by atoms with Crippen molar-refractivity contribution >= 4 is 17.9 Å². The lowest BCUT2D eigenvalue weighted by Crippen LogP contribution is -2.30. The lowest BCUT2D eigenvalue weighted by molar-refractivity contribution is -0.167. The number of carbonyl (C=O) groups is 3. The first-order chi connectivity index (χ1) is 37.0. The Morgan fingerprint density at radius 1 is 0.280 bits per heavy atom. The number of allylic oxidation sites excluding steroid dienone is 10. The fourth-order valence-corrected chi connectivity index (χ4v) is 9.61. The Balaban J connectivity index is 3.97. The third-order valence-electron chi connectivity index (χ3n) is 14.5. The van der Waals surface area contributed by atoms with Crippen molar-refractivity contribution in [2.24, 2.45) is 0 Å². The van der Waals surface area contributed by atoms with Crippen molar-refractivity contribution in [2.45, 2.75) is 348 Å². The van der Waals surface area contributed by atoms with Gasteiger partial charge >= 0.3 is 17.9 Å². The second-order valence-electron chi connectivity index (χ2n) is 22.0. The van der Waals surface area contributed by atoms with E-state index in [9.17, 15) is 14.4 Å². The molecule has 1 atom stereocenters. The number of unbranched alkanes of at least 4 members (excludes halogenated alkanes) is 39. The molecule has 0 N–H and O–H groups in total. The van der Waals surface area contributed by atoms with Gasteiger partial charge in [0, 0.05) is 19.3 Å². The van der Waals surface area contributed by atoms with E-state index in [0.29, 0.717) is 19.3 Å². The molecule has 0 aromatic carbocycles. The Bertz CT molecular complexity index is 1340. The molecular weight excluding hydrogens is 925 g/mol. The third-order valence-corrected chi connectivity index (χ3v) is 14.5. The summed E-state index contributed by atoms with van der Waals surface area (Å²) in [5.74, 6) is -0.865. The summed E-state index contributed by atoms with van der Waals surface area (Å²) in [6.07, 6.45) is 81.2. The van der Waals surface area contributed by atoms with Crippen LogP contribution in [0.15, 0.2) is 60.8 Å². The molecule has 0 fully saturated rings. The molecule has 0 heterocycles. The van der Waals surface area contributed by atoms with Gasteiger partial charge < -0.3 is 14.2 Å². The normalized spacial score (nSPS) is 12.4. The number of hydrogen-bond acceptors (Lipinski definition) is 6. The SMILES string of the molecule is CC/C=C\C/C=C\C/C=C\C/C=C\CCCCCCCCCCCCCCCCCCCCCCCCC(=O)OCC(COC(=O)CCCCCCCCCCCC)OC(=O)CCCCCCC/C=C\CCCCC. The number of hydrogen-bond donors (Lipinski definition) is 0. The summed E-state index contributed by atoms with van der Waals surface area (Å²) in [5.41, 5.74) is 0. The fourth-order valence-electron chi connectivity index (χ4n) is 9.61. The van der Waals surface area contributed by atoms with Crippen LogP contribution in [0.5, 0.6) is 0 Å². The highest BCUT2D eigenvalue weighted by Gasteiger charge is 2.19. The quantitative estimate of drug-likeness (QED) is 0.0261. The maximum absolute atomic E-state index is 12.8. The Labute approximate surface area is 466 Å². The second-order valence-corrected chi connectivity index (χ2v) is 22.0. The minimum absolute atomic E-state index is 0.0715. The molecule has 0 saturated carbocycles. The zero-order chi connectivity index (χ0) is 54.3. The van der Waals surface area contributed by atoms with Crippen LogP contribution in [0.25, 0.3) is 0 Å². The van der Waals surface area contributed by atoms with Gasteiger partial charge in [-0.3, -0.25) is 14.4 Å². The van der Waals surface area contributed by atoms with E-state index in [0.717, 1.165) is 89.9 Å². The van der Waals surface area contributed by atoms with E-state index in [2.05, 4.69) is 81.5 Å². The van der Waals surface area contributed by atoms with Gasteiger partial charge in [-0.1, -0.05) is 300 Å². The van der Waals surface area contributed by atoms with Crippen LogP contribution < -0.4 is 0 Å². The van der Waals surface area contributed by atoms with Crippen LogP contribution in [0.3, 0.4) is 0 Å². The van der Waals surface area contributed by atoms with E-state index in [4.69, 9.17) is 14.2 Å². The number of carbonyl (C=O) groups excluding carboxylic acids is 3. The number of ether oxygens (including phenoxy) is 3. The molecule has 0 aliphatic carbocycles. The Hall–Kier alpha value is -2.89. The summed E-state index contributed by atoms with van der Waals surface area (Å²) in [6.45, 7) is 6.52. The number of rotatable bonds is 60. The molecule has 0 aliphatic heterocycles. The predicted octanol–water partition coefficient (Wildman–Crippen LogP) is 22.3. The average molecular weight is 1050 g/mol. The summed E-state index contributed by atoms with van der Waals surface area (Å²) in [6, 6.07) is 0. The van der Waals surface area contributed by atoms with E-state index in [1.54, 1.807) is 0 Å². The molecule has 6 heteroatoms. The van der Waals surface area contributed by atoms with Crippen LogP contribution in [0.2, 0.25) is 0 Å². The van der Waals surface area contributed by atoms with Crippen LogP contribution in [0.4, 0.5) is 0 Å². The summed E-state index contributed by atoms with van der Waals surface area (Å²) in [4.78, 5) is 38.1. The van der Waals surface area contributed by atoms with Gasteiger partial charge in [-0.05, 0) is 83.5 Å². The van der Waals surface area contributed by atoms with E-state index in [-0.39, 0.29) is 31.1 Å². The lowest BCUT2D eigenvalue weighted by atomic mass is 10.0. The Morgan fingerprint density at radius 2 is 0.520 bits per heavy atom. The smallest absolute Gasteiger partial charge is 0.306 e. The monoisotopic (exact) mass is 1050 g/mol. The van der Waals surface area contributed by atoms with Crippen molar-refractivity contribution in [3.05, 3.63) is 60.8 Å². The van der Waals surface area contributed by atoms with Crippen LogP contribution in [0.1, 0.15) is 342 Å². The van der Waals surface area contributed by atoms with Crippen LogP contribution in [0, 0.1) is 0 Å². The predicted molar refractivity (Wildman–Crippen MR) is 325 cm³/mol.